The van der Waals surface area contributed by atoms with Crippen LogP contribution in [0.2, 0.25) is 0 Å². The maximum atomic E-state index is 12.4. The van der Waals surface area contributed by atoms with Gasteiger partial charge in [-0.05, 0) is 48.8 Å². The monoisotopic (exact) mass is 302 g/mol. The minimum absolute atomic E-state index is 0.175. The SMILES string of the molecule is Cc1cc2c(cc1C)O[C@@H](C(=O)N[C@]1(C#N)CCSC1)C2. The average molecular weight is 302 g/mol. The van der Waals surface area contributed by atoms with E-state index < -0.39 is 11.6 Å². The number of fused-ring (bicyclic) bond motifs is 1. The zero-order valence-electron chi connectivity index (χ0n) is 12.2. The lowest BCUT2D eigenvalue weighted by Crippen LogP contribution is -2.52. The van der Waals surface area contributed by atoms with Crippen molar-refractivity contribution in [2.45, 2.75) is 38.3 Å². The topological polar surface area (TPSA) is 62.1 Å². The number of aryl methyl sites for hydroxylation is 2. The predicted octanol–water partition coefficient (Wildman–Crippen LogP) is 2.12. The van der Waals surface area contributed by atoms with E-state index in [4.69, 9.17) is 4.74 Å². The summed E-state index contributed by atoms with van der Waals surface area (Å²) >= 11 is 1.70. The highest BCUT2D eigenvalue weighted by molar-refractivity contribution is 7.99. The lowest BCUT2D eigenvalue weighted by Gasteiger charge is -2.23. The summed E-state index contributed by atoms with van der Waals surface area (Å²) in [4.78, 5) is 12.4. The summed E-state index contributed by atoms with van der Waals surface area (Å²) in [5.74, 6) is 2.20. The van der Waals surface area contributed by atoms with Crippen LogP contribution in [0.4, 0.5) is 0 Å². The molecule has 1 fully saturated rings. The molecular formula is C16H18N2O2S. The number of rotatable bonds is 2. The third-order valence-electron chi connectivity index (χ3n) is 4.24. The lowest BCUT2D eigenvalue weighted by molar-refractivity contribution is -0.128. The van der Waals surface area contributed by atoms with E-state index in [2.05, 4.69) is 24.4 Å². The summed E-state index contributed by atoms with van der Waals surface area (Å²) in [5.41, 5.74) is 2.73. The quantitative estimate of drug-likeness (QED) is 0.909. The molecule has 1 amide bonds. The van der Waals surface area contributed by atoms with E-state index in [0.717, 1.165) is 22.6 Å². The molecule has 110 valence electrons. The zero-order valence-corrected chi connectivity index (χ0v) is 13.0. The molecule has 21 heavy (non-hydrogen) atoms. The number of nitriles is 1. The molecule has 1 N–H and O–H groups in total. The number of carbonyl (C=O) groups excluding carboxylic acids is 1. The molecule has 0 aliphatic carbocycles. The van der Waals surface area contributed by atoms with Crippen LogP contribution >= 0.6 is 11.8 Å². The molecule has 5 heteroatoms. The fraction of sp³-hybridized carbons (Fsp3) is 0.500. The first-order chi connectivity index (χ1) is 10.0. The van der Waals surface area contributed by atoms with Crippen LogP contribution in [0.3, 0.4) is 0 Å². The highest BCUT2D eigenvalue weighted by Crippen LogP contribution is 2.32. The Bertz CT molecular complexity index is 599. The summed E-state index contributed by atoms with van der Waals surface area (Å²) < 4.78 is 5.78. The second-order valence-electron chi connectivity index (χ2n) is 5.84. The van der Waals surface area contributed by atoms with Gasteiger partial charge < -0.3 is 10.1 Å². The van der Waals surface area contributed by atoms with Crippen molar-refractivity contribution in [3.8, 4) is 11.8 Å². The van der Waals surface area contributed by atoms with Gasteiger partial charge in [-0.2, -0.15) is 17.0 Å². The van der Waals surface area contributed by atoms with Crippen LogP contribution in [0.25, 0.3) is 0 Å². The molecule has 0 unspecified atom stereocenters. The molecule has 1 aromatic carbocycles. The molecule has 3 rings (SSSR count). The Balaban J connectivity index is 1.72. The van der Waals surface area contributed by atoms with Gasteiger partial charge in [0, 0.05) is 12.2 Å². The van der Waals surface area contributed by atoms with Gasteiger partial charge in [-0.15, -0.1) is 0 Å². The van der Waals surface area contributed by atoms with Gasteiger partial charge in [0.1, 0.15) is 11.3 Å². The number of benzene rings is 1. The highest BCUT2D eigenvalue weighted by atomic mass is 32.2. The van der Waals surface area contributed by atoms with E-state index in [1.165, 1.54) is 5.56 Å². The zero-order chi connectivity index (χ0) is 15.0. The third kappa shape index (κ3) is 2.60. The molecular weight excluding hydrogens is 284 g/mol. The van der Waals surface area contributed by atoms with Crippen LogP contribution in [0.1, 0.15) is 23.1 Å². The van der Waals surface area contributed by atoms with E-state index in [-0.39, 0.29) is 5.91 Å². The van der Waals surface area contributed by atoms with E-state index in [0.29, 0.717) is 18.6 Å². The highest BCUT2D eigenvalue weighted by Gasteiger charge is 2.39. The van der Waals surface area contributed by atoms with Crippen molar-refractivity contribution < 1.29 is 9.53 Å². The van der Waals surface area contributed by atoms with Crippen molar-refractivity contribution in [3.05, 3.63) is 28.8 Å². The van der Waals surface area contributed by atoms with Gasteiger partial charge in [-0.25, -0.2) is 0 Å². The smallest absolute Gasteiger partial charge is 0.262 e. The molecule has 0 aromatic heterocycles. The summed E-state index contributed by atoms with van der Waals surface area (Å²) in [7, 11) is 0. The molecule has 2 atom stereocenters. The van der Waals surface area contributed by atoms with Gasteiger partial charge in [-0.1, -0.05) is 6.07 Å². The van der Waals surface area contributed by atoms with Gasteiger partial charge >= 0.3 is 0 Å². The first-order valence-electron chi connectivity index (χ1n) is 7.11. The van der Waals surface area contributed by atoms with Crippen molar-refractivity contribution in [1.29, 1.82) is 5.26 Å². The van der Waals surface area contributed by atoms with Crippen LogP contribution in [0.15, 0.2) is 12.1 Å². The molecule has 0 spiro atoms. The maximum absolute atomic E-state index is 12.4. The number of amides is 1. The molecule has 4 nitrogen and oxygen atoms in total. The van der Waals surface area contributed by atoms with Crippen molar-refractivity contribution in [1.82, 2.24) is 5.32 Å². The molecule has 2 aliphatic heterocycles. The summed E-state index contributed by atoms with van der Waals surface area (Å²) in [5, 5.41) is 12.2. The predicted molar refractivity (Wildman–Crippen MR) is 82.5 cm³/mol. The summed E-state index contributed by atoms with van der Waals surface area (Å²) in [6, 6.07) is 6.34. The Morgan fingerprint density at radius 3 is 2.90 bits per heavy atom. The number of ether oxygens (including phenoxy) is 1. The molecule has 2 aliphatic rings. The van der Waals surface area contributed by atoms with Crippen LogP contribution < -0.4 is 10.1 Å². The van der Waals surface area contributed by atoms with Crippen molar-refractivity contribution in [3.63, 3.8) is 0 Å². The summed E-state index contributed by atoms with van der Waals surface area (Å²) in [6.45, 7) is 4.09. The van der Waals surface area contributed by atoms with Gasteiger partial charge in [-0.3, -0.25) is 4.79 Å². The van der Waals surface area contributed by atoms with Crippen LogP contribution in [0.5, 0.6) is 5.75 Å². The Morgan fingerprint density at radius 2 is 2.24 bits per heavy atom. The Kier molecular flexibility index (Phi) is 3.58. The normalized spacial score (nSPS) is 26.8. The second kappa shape index (κ2) is 5.27. The molecule has 2 heterocycles. The maximum Gasteiger partial charge on any atom is 0.262 e. The third-order valence-corrected chi connectivity index (χ3v) is 5.43. The summed E-state index contributed by atoms with van der Waals surface area (Å²) in [6.07, 6.45) is 0.770. The van der Waals surface area contributed by atoms with Gasteiger partial charge in [0.25, 0.3) is 5.91 Å². The standard InChI is InChI=1S/C16H18N2O2S/c1-10-5-12-7-14(20-13(12)6-11(10)2)15(19)18-16(8-17)3-4-21-9-16/h5-6,14H,3-4,7,9H2,1-2H3,(H,18,19)/t14-,16+/m1/s1. The van der Waals surface area contributed by atoms with Gasteiger partial charge in [0.15, 0.2) is 6.10 Å². The fourth-order valence-electron chi connectivity index (χ4n) is 2.76. The van der Waals surface area contributed by atoms with Crippen molar-refractivity contribution in [2.24, 2.45) is 0 Å². The molecule has 1 aromatic rings. The second-order valence-corrected chi connectivity index (χ2v) is 6.95. The van der Waals surface area contributed by atoms with E-state index in [9.17, 15) is 10.1 Å². The minimum atomic E-state index is -0.717. The van der Waals surface area contributed by atoms with E-state index in [1.807, 2.05) is 13.0 Å². The molecule has 0 radical (unpaired) electrons. The van der Waals surface area contributed by atoms with E-state index >= 15 is 0 Å². The number of nitrogens with one attached hydrogen (secondary N) is 1. The number of hydrogen-bond acceptors (Lipinski definition) is 4. The van der Waals surface area contributed by atoms with Crippen LogP contribution in [-0.2, 0) is 11.2 Å². The van der Waals surface area contributed by atoms with Gasteiger partial charge in [0.2, 0.25) is 0 Å². The Labute approximate surface area is 128 Å². The average Bonchev–Trinajstić information content (AvgIpc) is 3.07. The van der Waals surface area contributed by atoms with Crippen LogP contribution in [-0.4, -0.2) is 29.1 Å². The van der Waals surface area contributed by atoms with Crippen molar-refractivity contribution in [2.75, 3.05) is 11.5 Å². The number of thioether (sulfide) groups is 1. The Morgan fingerprint density at radius 1 is 1.48 bits per heavy atom. The Hall–Kier alpha value is -1.67. The van der Waals surface area contributed by atoms with Crippen LogP contribution in [0, 0.1) is 25.2 Å². The molecule has 0 saturated carbocycles. The lowest BCUT2D eigenvalue weighted by atomic mass is 9.99. The molecule has 0 bridgehead atoms. The number of carbonyl (C=O) groups is 1. The van der Waals surface area contributed by atoms with E-state index in [1.54, 1.807) is 11.8 Å². The first-order valence-corrected chi connectivity index (χ1v) is 8.26. The number of nitrogens with zero attached hydrogens (tertiary/aromatic N) is 1. The largest absolute Gasteiger partial charge is 0.480 e. The molecule has 1 saturated heterocycles. The van der Waals surface area contributed by atoms with Crippen molar-refractivity contribution >= 4 is 17.7 Å². The van der Waals surface area contributed by atoms with Gasteiger partial charge in [0.05, 0.1) is 6.07 Å². The first kappa shape index (κ1) is 14.3. The fourth-order valence-corrected chi connectivity index (χ4v) is 4.02. The number of hydrogen-bond donors (Lipinski definition) is 1. The minimum Gasteiger partial charge on any atom is -0.480 e.